The van der Waals surface area contributed by atoms with Gasteiger partial charge in [0.15, 0.2) is 12.2 Å². The summed E-state index contributed by atoms with van der Waals surface area (Å²) in [6.07, 6.45) is -5.56. The number of rotatable bonds is 8. The molecule has 3 aromatic rings. The molecule has 1 aliphatic rings. The highest BCUT2D eigenvalue weighted by Gasteiger charge is 2.52. The van der Waals surface area contributed by atoms with Crippen molar-refractivity contribution < 1.29 is 43.2 Å². The minimum Gasteiger partial charge on any atom is -0.452 e. The average molecular weight is 534 g/mol. The summed E-state index contributed by atoms with van der Waals surface area (Å²) >= 11 is 0. The summed E-state index contributed by atoms with van der Waals surface area (Å²) in [6, 6.07) is 22.9. The van der Waals surface area contributed by atoms with Crippen LogP contribution in [0.1, 0.15) is 38.0 Å². The van der Waals surface area contributed by atoms with Crippen LogP contribution in [0.25, 0.3) is 0 Å². The minimum absolute atomic E-state index is 0.192. The Kier molecular flexibility index (Phi) is 9.03. The zero-order valence-electron chi connectivity index (χ0n) is 21.0. The van der Waals surface area contributed by atoms with Gasteiger partial charge in [0.25, 0.3) is 0 Å². The summed E-state index contributed by atoms with van der Waals surface area (Å²) < 4.78 is 22.9. The molecule has 1 fully saturated rings. The van der Waals surface area contributed by atoms with Gasteiger partial charge in [0.05, 0.1) is 23.3 Å². The van der Waals surface area contributed by atoms with E-state index in [2.05, 4.69) is 5.32 Å². The maximum Gasteiger partial charge on any atom is 0.340 e. The Balaban J connectivity index is 1.69. The summed E-state index contributed by atoms with van der Waals surface area (Å²) in [6.45, 7) is 0.535. The lowest BCUT2D eigenvalue weighted by Gasteiger charge is -2.44. The molecule has 2 N–H and O–H groups in total. The molecule has 1 aliphatic heterocycles. The van der Waals surface area contributed by atoms with Crippen molar-refractivity contribution in [2.75, 3.05) is 6.61 Å². The van der Waals surface area contributed by atoms with Crippen molar-refractivity contribution >= 4 is 23.8 Å². The molecule has 0 aliphatic carbocycles. The molecule has 5 atom stereocenters. The van der Waals surface area contributed by atoms with Crippen LogP contribution < -0.4 is 5.32 Å². The van der Waals surface area contributed by atoms with Crippen LogP contribution in [0.4, 0.5) is 0 Å². The fourth-order valence-electron chi connectivity index (χ4n) is 4.10. The Hall–Kier alpha value is -4.54. The van der Waals surface area contributed by atoms with Crippen LogP contribution in [0.5, 0.6) is 0 Å². The first-order chi connectivity index (χ1) is 18.9. The third kappa shape index (κ3) is 6.86. The molecule has 1 saturated heterocycles. The number of hydrogen-bond acceptors (Lipinski definition) is 9. The van der Waals surface area contributed by atoms with Crippen LogP contribution in [0.2, 0.25) is 0 Å². The first-order valence-electron chi connectivity index (χ1n) is 12.2. The van der Waals surface area contributed by atoms with E-state index < -0.39 is 61.1 Å². The number of ether oxygens (including phenoxy) is 4. The van der Waals surface area contributed by atoms with Gasteiger partial charge < -0.3 is 29.4 Å². The van der Waals surface area contributed by atoms with Crippen molar-refractivity contribution in [2.45, 2.75) is 37.6 Å². The van der Waals surface area contributed by atoms with E-state index >= 15 is 0 Å². The number of aliphatic hydroxyl groups excluding tert-OH is 1. The largest absolute Gasteiger partial charge is 0.452 e. The van der Waals surface area contributed by atoms with Gasteiger partial charge in [-0.05, 0) is 36.4 Å². The normalized spacial score (nSPS) is 22.3. The van der Waals surface area contributed by atoms with E-state index in [0.717, 1.165) is 0 Å². The van der Waals surface area contributed by atoms with Crippen LogP contribution >= 0.6 is 0 Å². The van der Waals surface area contributed by atoms with Gasteiger partial charge >= 0.3 is 17.9 Å². The smallest absolute Gasteiger partial charge is 0.340 e. The molecular weight excluding hydrogens is 506 g/mol. The summed E-state index contributed by atoms with van der Waals surface area (Å²) in [5, 5.41) is 12.8. The van der Waals surface area contributed by atoms with Crippen molar-refractivity contribution in [3.63, 3.8) is 0 Å². The molecule has 1 amide bonds. The number of amides is 1. The maximum atomic E-state index is 13.1. The fourth-order valence-corrected chi connectivity index (χ4v) is 4.10. The average Bonchev–Trinajstić information content (AvgIpc) is 2.96. The number of carbonyl (C=O) groups is 4. The number of hydrogen-bond donors (Lipinski definition) is 2. The van der Waals surface area contributed by atoms with Crippen LogP contribution in [-0.4, -0.2) is 66.2 Å². The second kappa shape index (κ2) is 12.8. The predicted molar refractivity (Wildman–Crippen MR) is 136 cm³/mol. The Morgan fingerprint density at radius 1 is 0.692 bits per heavy atom. The number of benzene rings is 3. The van der Waals surface area contributed by atoms with Gasteiger partial charge in [-0.2, -0.15) is 0 Å². The number of esters is 3. The fraction of sp³-hybridized carbons (Fsp3) is 0.241. The second-order valence-corrected chi connectivity index (χ2v) is 8.70. The van der Waals surface area contributed by atoms with Gasteiger partial charge in [0.2, 0.25) is 12.2 Å². The van der Waals surface area contributed by atoms with Crippen LogP contribution in [0.15, 0.2) is 91.0 Å². The lowest BCUT2D eigenvalue weighted by atomic mass is 9.95. The molecule has 1 unspecified atom stereocenters. The first kappa shape index (κ1) is 27.5. The van der Waals surface area contributed by atoms with Gasteiger partial charge in [-0.3, -0.25) is 4.79 Å². The summed E-state index contributed by atoms with van der Waals surface area (Å²) in [5.74, 6) is -2.89. The van der Waals surface area contributed by atoms with Crippen LogP contribution in [-0.2, 0) is 23.7 Å². The lowest BCUT2D eigenvalue weighted by molar-refractivity contribution is -0.252. The Labute approximate surface area is 224 Å². The van der Waals surface area contributed by atoms with E-state index in [4.69, 9.17) is 18.9 Å². The molecule has 0 aromatic heterocycles. The van der Waals surface area contributed by atoms with Gasteiger partial charge in [-0.25, -0.2) is 14.4 Å². The van der Waals surface area contributed by atoms with Crippen LogP contribution in [0.3, 0.4) is 0 Å². The molecule has 39 heavy (non-hydrogen) atoms. The zero-order valence-corrected chi connectivity index (χ0v) is 21.0. The van der Waals surface area contributed by atoms with E-state index in [-0.39, 0.29) is 16.7 Å². The van der Waals surface area contributed by atoms with E-state index in [0.29, 0.717) is 0 Å². The Morgan fingerprint density at radius 3 is 1.51 bits per heavy atom. The van der Waals surface area contributed by atoms with E-state index in [1.807, 2.05) is 0 Å². The Morgan fingerprint density at radius 2 is 1.10 bits per heavy atom. The van der Waals surface area contributed by atoms with Crippen molar-refractivity contribution in [1.29, 1.82) is 0 Å². The standard InChI is InChI=1S/C29H27NO9/c1-18(32)30-23-25(38-27(34)20-13-7-3-8-14-20)24(37-26(33)19-11-5-2-6-12-19)22(17-31)36-29(23)39-28(35)21-15-9-4-10-16-21/h2-16,22-25,29,31H,17H2,1H3,(H,30,32)/t22-,23-,24+,25-,29?/m1/s1. The molecule has 0 saturated carbocycles. The van der Waals surface area contributed by atoms with Gasteiger partial charge in [-0.15, -0.1) is 0 Å². The van der Waals surface area contributed by atoms with Crippen molar-refractivity contribution in [3.05, 3.63) is 108 Å². The molecule has 1 heterocycles. The van der Waals surface area contributed by atoms with E-state index in [1.165, 1.54) is 43.3 Å². The predicted octanol–water partition coefficient (Wildman–Crippen LogP) is 2.52. The maximum absolute atomic E-state index is 13.1. The van der Waals surface area contributed by atoms with Gasteiger partial charge in [0, 0.05) is 6.92 Å². The highest BCUT2D eigenvalue weighted by molar-refractivity contribution is 5.91. The highest BCUT2D eigenvalue weighted by Crippen LogP contribution is 2.29. The Bertz CT molecular complexity index is 1280. The summed E-state index contributed by atoms with van der Waals surface area (Å²) in [4.78, 5) is 51.2. The van der Waals surface area contributed by atoms with Crippen molar-refractivity contribution in [3.8, 4) is 0 Å². The van der Waals surface area contributed by atoms with Gasteiger partial charge in [-0.1, -0.05) is 54.6 Å². The topological polar surface area (TPSA) is 137 Å². The molecular formula is C29H27NO9. The third-order valence-electron chi connectivity index (χ3n) is 5.93. The summed E-state index contributed by atoms with van der Waals surface area (Å²) in [5.41, 5.74) is 0.604. The number of aliphatic hydroxyl groups is 1. The molecule has 3 aromatic carbocycles. The zero-order chi connectivity index (χ0) is 27.8. The van der Waals surface area contributed by atoms with Crippen LogP contribution in [0, 0.1) is 0 Å². The highest BCUT2D eigenvalue weighted by atomic mass is 16.7. The SMILES string of the molecule is CC(=O)N[C@H]1C(OC(=O)c2ccccc2)O[C@H](CO)[C@H](OC(=O)c2ccccc2)[C@@H]1OC(=O)c1ccccc1. The lowest BCUT2D eigenvalue weighted by Crippen LogP contribution is -2.66. The summed E-state index contributed by atoms with van der Waals surface area (Å²) in [7, 11) is 0. The molecule has 4 rings (SSSR count). The minimum atomic E-state index is -1.50. The molecule has 0 radical (unpaired) electrons. The molecule has 0 bridgehead atoms. The molecule has 10 nitrogen and oxygen atoms in total. The molecule has 10 heteroatoms. The monoisotopic (exact) mass is 533 g/mol. The quantitative estimate of drug-likeness (QED) is 0.330. The first-order valence-corrected chi connectivity index (χ1v) is 12.2. The number of carbonyl (C=O) groups excluding carboxylic acids is 4. The number of nitrogens with one attached hydrogen (secondary N) is 1. The van der Waals surface area contributed by atoms with Gasteiger partial charge in [0.1, 0.15) is 12.1 Å². The third-order valence-corrected chi connectivity index (χ3v) is 5.93. The molecule has 202 valence electrons. The van der Waals surface area contributed by atoms with E-state index in [1.54, 1.807) is 54.6 Å². The van der Waals surface area contributed by atoms with Crippen molar-refractivity contribution in [2.24, 2.45) is 0 Å². The van der Waals surface area contributed by atoms with E-state index in [9.17, 15) is 24.3 Å². The second-order valence-electron chi connectivity index (χ2n) is 8.70. The van der Waals surface area contributed by atoms with Crippen molar-refractivity contribution in [1.82, 2.24) is 5.32 Å². The molecule has 0 spiro atoms.